The van der Waals surface area contributed by atoms with Gasteiger partial charge in [0.2, 0.25) is 23.5 Å². The van der Waals surface area contributed by atoms with Gasteiger partial charge in [-0.3, -0.25) is 33.6 Å². The predicted octanol–water partition coefficient (Wildman–Crippen LogP) is 1.57. The van der Waals surface area contributed by atoms with Gasteiger partial charge >= 0.3 is 12.1 Å². The van der Waals surface area contributed by atoms with Gasteiger partial charge in [0.05, 0.1) is 11.8 Å². The Kier molecular flexibility index (Phi) is 10.6. The van der Waals surface area contributed by atoms with Gasteiger partial charge in [0.1, 0.15) is 23.8 Å². The molecule has 2 heterocycles. The molecule has 0 radical (unpaired) electrons. The molecule has 4 aliphatic rings. The first-order valence-electron chi connectivity index (χ1n) is 18.1. The number of rotatable bonds is 13. The summed E-state index contributed by atoms with van der Waals surface area (Å²) < 4.78 is 44.5. The van der Waals surface area contributed by atoms with Crippen molar-refractivity contribution in [2.75, 3.05) is 11.9 Å². The quantitative estimate of drug-likeness (QED) is 0.163. The van der Waals surface area contributed by atoms with E-state index in [0.717, 1.165) is 10.1 Å². The molecule has 5 amide bonds. The molecule has 6 N–H and O–H groups in total. The number of pyridine rings is 1. The number of fused-ring (bicyclic) bond motifs is 3. The van der Waals surface area contributed by atoms with Crippen molar-refractivity contribution in [3.63, 3.8) is 0 Å². The number of hydrogen-bond donors (Lipinski definition) is 6. The number of anilines is 1. The lowest BCUT2D eigenvalue weighted by Crippen LogP contribution is -2.66. The van der Waals surface area contributed by atoms with E-state index in [0.29, 0.717) is 12.0 Å². The lowest BCUT2D eigenvalue weighted by molar-refractivity contribution is -0.252. The zero-order valence-corrected chi connectivity index (χ0v) is 29.8. The molecule has 1 aromatic heterocycles. The molecule has 294 valence electrons. The molecular weight excluding hydrogens is 729 g/mol. The smallest absolute Gasteiger partial charge is 0.394 e. The summed E-state index contributed by atoms with van der Waals surface area (Å²) in [6.07, 6.45) is -4.37. The third-order valence-electron chi connectivity index (χ3n) is 11.7. The minimum absolute atomic E-state index is 0.000258. The molecule has 1 aromatic carbocycles. The number of carbonyl (C=O) groups is 7. The van der Waals surface area contributed by atoms with E-state index < -0.39 is 95.3 Å². The minimum atomic E-state index is -4.68. The maximum Gasteiger partial charge on any atom is 0.394 e. The Bertz CT molecular complexity index is 2020. The molecule has 55 heavy (non-hydrogen) atoms. The van der Waals surface area contributed by atoms with Crippen LogP contribution < -0.4 is 32.1 Å². The summed E-state index contributed by atoms with van der Waals surface area (Å²) in [6.45, 7) is 1.28. The molecule has 18 heteroatoms. The predicted molar refractivity (Wildman–Crippen MR) is 186 cm³/mol. The topological polar surface area (TPSA) is 222 Å². The highest BCUT2D eigenvalue weighted by Crippen LogP contribution is 2.70. The largest absolute Gasteiger partial charge is 0.479 e. The van der Waals surface area contributed by atoms with Crippen LogP contribution in [0.15, 0.2) is 41.3 Å². The third kappa shape index (κ3) is 7.33. The zero-order valence-electron chi connectivity index (χ0n) is 29.8. The summed E-state index contributed by atoms with van der Waals surface area (Å²) in [6, 6.07) is 5.67. The fraction of sp³-hybridized carbons (Fsp3) is 0.514. The number of carbonyl (C=O) groups excluding carboxylic acids is 6. The highest BCUT2D eigenvalue weighted by atomic mass is 19.4. The highest BCUT2D eigenvalue weighted by molar-refractivity contribution is 6.36. The van der Waals surface area contributed by atoms with E-state index in [2.05, 4.69) is 26.6 Å². The Morgan fingerprint density at radius 2 is 1.84 bits per heavy atom. The maximum absolute atomic E-state index is 14.6. The number of alkyl halides is 3. The van der Waals surface area contributed by atoms with Crippen LogP contribution in [0.4, 0.5) is 18.9 Å². The Hall–Kier alpha value is -5.55. The summed E-state index contributed by atoms with van der Waals surface area (Å²) >= 11 is 0. The Labute approximate surface area is 312 Å². The molecule has 0 saturated heterocycles. The van der Waals surface area contributed by atoms with E-state index in [1.165, 1.54) is 30.5 Å². The average molecular weight is 771 g/mol. The molecule has 15 nitrogen and oxygen atoms in total. The van der Waals surface area contributed by atoms with Gasteiger partial charge in [-0.2, -0.15) is 13.2 Å². The molecule has 6 atom stereocenters. The van der Waals surface area contributed by atoms with Crippen molar-refractivity contribution in [1.82, 2.24) is 25.8 Å². The summed E-state index contributed by atoms with van der Waals surface area (Å²) in [7, 11) is 0. The number of amides is 5. The Morgan fingerprint density at radius 3 is 2.55 bits per heavy atom. The van der Waals surface area contributed by atoms with Crippen molar-refractivity contribution < 1.29 is 51.8 Å². The van der Waals surface area contributed by atoms with Gasteiger partial charge in [-0.1, -0.05) is 6.07 Å². The number of likely N-dealkylation sites (N-methyl/N-ethyl adjacent to an activating group) is 1. The second-order valence-corrected chi connectivity index (χ2v) is 14.8. The first-order valence-corrected chi connectivity index (χ1v) is 18.1. The molecular formula is C37H41F3N6O9. The van der Waals surface area contributed by atoms with Crippen molar-refractivity contribution in [1.29, 1.82) is 0 Å². The van der Waals surface area contributed by atoms with Crippen molar-refractivity contribution in [2.24, 2.45) is 23.2 Å². The monoisotopic (exact) mass is 770 g/mol. The number of halogens is 3. The second-order valence-electron chi connectivity index (χ2n) is 14.8. The summed E-state index contributed by atoms with van der Waals surface area (Å²) in [5.74, 6) is -8.67. The fourth-order valence-corrected chi connectivity index (χ4v) is 9.06. The van der Waals surface area contributed by atoms with Crippen LogP contribution in [0.1, 0.15) is 73.4 Å². The van der Waals surface area contributed by atoms with Gasteiger partial charge in [0, 0.05) is 37.2 Å². The van der Waals surface area contributed by atoms with Crippen LogP contribution in [0.5, 0.6) is 0 Å². The molecule has 1 aliphatic heterocycles. The maximum atomic E-state index is 14.6. The summed E-state index contributed by atoms with van der Waals surface area (Å²) in [4.78, 5) is 103. The van der Waals surface area contributed by atoms with Crippen LogP contribution in [0.2, 0.25) is 0 Å². The average Bonchev–Trinajstić information content (AvgIpc) is 3.23. The number of ketones is 1. The number of carboxylic acid groups (broad SMARTS) is 1. The molecule has 2 aromatic rings. The number of aliphatic carboxylic acids is 1. The van der Waals surface area contributed by atoms with Gasteiger partial charge in [0.25, 0.3) is 17.4 Å². The van der Waals surface area contributed by atoms with Gasteiger partial charge in [0.15, 0.2) is 0 Å². The Balaban J connectivity index is 1.19. The van der Waals surface area contributed by atoms with Crippen molar-refractivity contribution in [2.45, 2.75) is 89.1 Å². The second kappa shape index (κ2) is 14.9. The van der Waals surface area contributed by atoms with E-state index in [1.807, 2.05) is 0 Å². The van der Waals surface area contributed by atoms with Crippen molar-refractivity contribution in [3.8, 4) is 0 Å². The van der Waals surface area contributed by atoms with Crippen LogP contribution in [0, 0.1) is 23.2 Å². The van der Waals surface area contributed by atoms with Crippen LogP contribution in [0.3, 0.4) is 0 Å². The van der Waals surface area contributed by atoms with E-state index in [-0.39, 0.29) is 68.3 Å². The van der Waals surface area contributed by atoms with Crippen LogP contribution >= 0.6 is 0 Å². The van der Waals surface area contributed by atoms with Gasteiger partial charge in [-0.25, -0.2) is 4.79 Å². The zero-order chi connectivity index (χ0) is 39.9. The molecule has 3 aliphatic carbocycles. The number of hydrogen-bond acceptors (Lipinski definition) is 8. The SMILES string of the molecule is CCNC(=O)C(=O)CC[C@H](NC(=O)c1ccc2c(c1)CC(=O)NC2)C(=O)Nc1cccn(CC(=O)NC2(C(=O)O)C3CC4CCC(C(F)(F)F)(C3)C2C4)c1=O. The highest BCUT2D eigenvalue weighted by Gasteiger charge is 2.77. The van der Waals surface area contributed by atoms with Gasteiger partial charge in [-0.05, 0) is 92.7 Å². The third-order valence-corrected chi connectivity index (χ3v) is 11.7. The van der Waals surface area contributed by atoms with E-state index in [9.17, 15) is 56.6 Å². The normalized spacial score (nSPS) is 25.5. The van der Waals surface area contributed by atoms with Crippen LogP contribution in [-0.4, -0.2) is 75.3 Å². The molecule has 3 bridgehead atoms. The van der Waals surface area contributed by atoms with E-state index >= 15 is 0 Å². The van der Waals surface area contributed by atoms with Crippen LogP contribution in [-0.2, 0) is 48.3 Å². The molecule has 0 spiro atoms. The molecule has 3 fully saturated rings. The number of benzene rings is 1. The van der Waals surface area contributed by atoms with Crippen LogP contribution in [0.25, 0.3) is 0 Å². The van der Waals surface area contributed by atoms with Gasteiger partial charge in [-0.15, -0.1) is 0 Å². The van der Waals surface area contributed by atoms with Crippen molar-refractivity contribution in [3.05, 3.63) is 63.6 Å². The summed E-state index contributed by atoms with van der Waals surface area (Å²) in [5.41, 5.74) is -4.21. The first-order chi connectivity index (χ1) is 26.0. The standard InChI is InChI=1S/C37H41F3N6O9/c1-2-41-32(52)26(47)8-7-24(43-30(50)20-5-6-21-17-42-28(48)15-22(21)14-20)31(51)44-25-4-3-11-46(33(25)53)18-29(49)45-36(34(54)55)23-12-19-9-10-35(16-23,27(36)13-19)37(38,39)40/h3-6,11,14,19,23-24,27H,2,7-10,12-13,15-18H2,1H3,(H,41,52)(H,42,48)(H,43,50)(H,44,51)(H,45,49)(H,54,55)/t19?,23?,24-,27?,35?,36?/m0/s1. The summed E-state index contributed by atoms with van der Waals surface area (Å²) in [5, 5.41) is 22.8. The minimum Gasteiger partial charge on any atom is -0.479 e. The molecule has 5 unspecified atom stereocenters. The molecule has 6 rings (SSSR count). The lowest BCUT2D eigenvalue weighted by Gasteiger charge is -2.50. The number of nitrogens with one attached hydrogen (secondary N) is 5. The first kappa shape index (κ1) is 39.2. The Morgan fingerprint density at radius 1 is 1.07 bits per heavy atom. The number of nitrogens with zero attached hydrogens (tertiary/aromatic N) is 1. The van der Waals surface area contributed by atoms with Crippen molar-refractivity contribution >= 4 is 47.0 Å². The fourth-order valence-electron chi connectivity index (χ4n) is 9.06. The number of aromatic nitrogens is 1. The van der Waals surface area contributed by atoms with E-state index in [4.69, 9.17) is 0 Å². The number of Topliss-reactive ketones (excluding diaryl/α,β-unsaturated/α-hetero) is 1. The van der Waals surface area contributed by atoms with E-state index in [1.54, 1.807) is 13.0 Å². The lowest BCUT2D eigenvalue weighted by atomic mass is 9.57. The van der Waals surface area contributed by atoms with Gasteiger partial charge < -0.3 is 36.3 Å². The number of carboxylic acids is 1. The molecule has 3 saturated carbocycles.